The van der Waals surface area contributed by atoms with Gasteiger partial charge in [0.2, 0.25) is 0 Å². The van der Waals surface area contributed by atoms with Crippen LogP contribution < -0.4 is 5.32 Å². The first-order valence-electron chi connectivity index (χ1n) is 6.17. The Bertz CT molecular complexity index is 359. The average molecular weight is 271 g/mol. The summed E-state index contributed by atoms with van der Waals surface area (Å²) in [5, 5.41) is 12.2. The van der Waals surface area contributed by atoms with Gasteiger partial charge in [0.1, 0.15) is 0 Å². The summed E-state index contributed by atoms with van der Waals surface area (Å²) in [5.74, 6) is -0.778. The summed E-state index contributed by atoms with van der Waals surface area (Å²) >= 11 is 1.56. The fourth-order valence-electron chi connectivity index (χ4n) is 1.80. The van der Waals surface area contributed by atoms with Crippen LogP contribution in [0.3, 0.4) is 0 Å². The average Bonchev–Trinajstić information content (AvgIpc) is 2.73. The predicted octanol–water partition coefficient (Wildman–Crippen LogP) is 2.28. The van der Waals surface area contributed by atoms with E-state index in [2.05, 4.69) is 12.2 Å². The number of methoxy groups -OCH3 is 1. The highest BCUT2D eigenvalue weighted by Crippen LogP contribution is 2.17. The van der Waals surface area contributed by atoms with Crippen molar-refractivity contribution in [2.75, 3.05) is 13.7 Å². The van der Waals surface area contributed by atoms with Crippen molar-refractivity contribution in [3.05, 3.63) is 21.9 Å². The van der Waals surface area contributed by atoms with Gasteiger partial charge in [-0.05, 0) is 18.6 Å². The van der Waals surface area contributed by atoms with Gasteiger partial charge >= 0.3 is 5.97 Å². The van der Waals surface area contributed by atoms with Gasteiger partial charge in [-0.15, -0.1) is 11.3 Å². The zero-order valence-electron chi connectivity index (χ0n) is 10.9. The summed E-state index contributed by atoms with van der Waals surface area (Å²) < 4.78 is 5.17. The summed E-state index contributed by atoms with van der Waals surface area (Å²) in [6.45, 7) is 3.64. The highest BCUT2D eigenvalue weighted by Gasteiger charge is 2.08. The zero-order valence-corrected chi connectivity index (χ0v) is 11.8. The normalized spacial score (nSPS) is 12.6. The van der Waals surface area contributed by atoms with E-state index in [4.69, 9.17) is 9.84 Å². The molecular weight excluding hydrogens is 250 g/mol. The third kappa shape index (κ3) is 5.62. The van der Waals surface area contributed by atoms with Crippen LogP contribution in [0.2, 0.25) is 0 Å². The fourth-order valence-corrected chi connectivity index (χ4v) is 2.76. The van der Waals surface area contributed by atoms with E-state index in [0.29, 0.717) is 12.6 Å². The van der Waals surface area contributed by atoms with Gasteiger partial charge in [-0.3, -0.25) is 4.79 Å². The molecular formula is C13H21NO3S. The number of ether oxygens (including phenoxy) is 1. The minimum absolute atomic E-state index is 0.112. The maximum atomic E-state index is 10.6. The molecule has 0 aliphatic rings. The van der Waals surface area contributed by atoms with Gasteiger partial charge in [0.25, 0.3) is 0 Å². The molecule has 1 unspecified atom stereocenters. The molecule has 0 saturated heterocycles. The minimum atomic E-state index is -0.778. The van der Waals surface area contributed by atoms with Crippen LogP contribution in [0.5, 0.6) is 0 Å². The molecule has 0 saturated carbocycles. The van der Waals surface area contributed by atoms with Crippen molar-refractivity contribution >= 4 is 17.3 Å². The standard InChI is InChI=1S/C13H21NO3S/c1-3-4-10(9-17-2)14-8-12-6-5-11(18-12)7-13(15)16/h5-6,10,14H,3-4,7-9H2,1-2H3,(H,15,16). The lowest BCUT2D eigenvalue weighted by Gasteiger charge is -2.16. The number of carbonyl (C=O) groups is 1. The topological polar surface area (TPSA) is 58.6 Å². The smallest absolute Gasteiger partial charge is 0.308 e. The van der Waals surface area contributed by atoms with E-state index in [9.17, 15) is 4.79 Å². The first kappa shape index (κ1) is 15.1. The van der Waals surface area contributed by atoms with E-state index in [0.717, 1.165) is 24.3 Å². The number of hydrogen-bond donors (Lipinski definition) is 2. The summed E-state index contributed by atoms with van der Waals surface area (Å²) in [5.41, 5.74) is 0. The van der Waals surface area contributed by atoms with Crippen LogP contribution in [-0.2, 0) is 22.5 Å². The van der Waals surface area contributed by atoms with E-state index in [1.54, 1.807) is 18.4 Å². The van der Waals surface area contributed by atoms with Crippen LogP contribution in [0.25, 0.3) is 0 Å². The maximum Gasteiger partial charge on any atom is 0.308 e. The molecule has 0 spiro atoms. The molecule has 1 heterocycles. The van der Waals surface area contributed by atoms with Crippen molar-refractivity contribution in [3.63, 3.8) is 0 Å². The Morgan fingerprint density at radius 3 is 2.83 bits per heavy atom. The van der Waals surface area contributed by atoms with Gasteiger partial charge in [-0.2, -0.15) is 0 Å². The summed E-state index contributed by atoms with van der Waals surface area (Å²) in [6, 6.07) is 4.25. The number of carboxylic acid groups (broad SMARTS) is 1. The monoisotopic (exact) mass is 271 g/mol. The van der Waals surface area contributed by atoms with Crippen LogP contribution in [-0.4, -0.2) is 30.8 Å². The first-order chi connectivity index (χ1) is 8.65. The SMILES string of the molecule is CCCC(COC)NCc1ccc(CC(=O)O)s1. The Hall–Kier alpha value is -0.910. The number of thiophene rings is 1. The largest absolute Gasteiger partial charge is 0.481 e. The number of aliphatic carboxylic acids is 1. The van der Waals surface area contributed by atoms with Crippen molar-refractivity contribution < 1.29 is 14.6 Å². The molecule has 1 rings (SSSR count). The van der Waals surface area contributed by atoms with Gasteiger partial charge in [0.05, 0.1) is 13.0 Å². The number of rotatable bonds is 9. The molecule has 18 heavy (non-hydrogen) atoms. The molecule has 102 valence electrons. The zero-order chi connectivity index (χ0) is 13.4. The lowest BCUT2D eigenvalue weighted by Crippen LogP contribution is -2.32. The summed E-state index contributed by atoms with van der Waals surface area (Å²) in [4.78, 5) is 12.7. The second-order valence-corrected chi connectivity index (χ2v) is 5.51. The molecule has 1 aromatic rings. The lowest BCUT2D eigenvalue weighted by atomic mass is 10.2. The first-order valence-corrected chi connectivity index (χ1v) is 6.99. The molecule has 5 heteroatoms. The molecule has 1 atom stereocenters. The van der Waals surface area contributed by atoms with Crippen molar-refractivity contribution in [1.82, 2.24) is 5.32 Å². The molecule has 4 nitrogen and oxygen atoms in total. The number of nitrogens with one attached hydrogen (secondary N) is 1. The second kappa shape index (κ2) is 8.24. The molecule has 0 bridgehead atoms. The molecule has 0 aromatic carbocycles. The third-order valence-electron chi connectivity index (χ3n) is 2.61. The fraction of sp³-hybridized carbons (Fsp3) is 0.615. The van der Waals surface area contributed by atoms with Crippen LogP contribution in [0.15, 0.2) is 12.1 Å². The Morgan fingerprint density at radius 2 is 2.22 bits per heavy atom. The van der Waals surface area contributed by atoms with Crippen molar-refractivity contribution in [3.8, 4) is 0 Å². The molecule has 0 fully saturated rings. The minimum Gasteiger partial charge on any atom is -0.481 e. The molecule has 2 N–H and O–H groups in total. The molecule has 0 aliphatic carbocycles. The van der Waals surface area contributed by atoms with Gasteiger partial charge < -0.3 is 15.2 Å². The van der Waals surface area contributed by atoms with Crippen LogP contribution in [0.1, 0.15) is 29.5 Å². The Kier molecular flexibility index (Phi) is 6.93. The van der Waals surface area contributed by atoms with Crippen LogP contribution in [0.4, 0.5) is 0 Å². The molecule has 1 aromatic heterocycles. The van der Waals surface area contributed by atoms with E-state index < -0.39 is 5.97 Å². The maximum absolute atomic E-state index is 10.6. The molecule has 0 aliphatic heterocycles. The summed E-state index contributed by atoms with van der Waals surface area (Å²) in [6.07, 6.45) is 2.32. The van der Waals surface area contributed by atoms with Gasteiger partial charge in [-0.1, -0.05) is 13.3 Å². The van der Waals surface area contributed by atoms with E-state index in [-0.39, 0.29) is 6.42 Å². The van der Waals surface area contributed by atoms with Crippen LogP contribution in [0, 0.1) is 0 Å². The van der Waals surface area contributed by atoms with Crippen molar-refractivity contribution in [1.29, 1.82) is 0 Å². The van der Waals surface area contributed by atoms with E-state index >= 15 is 0 Å². The Labute approximate surface area is 112 Å². The van der Waals surface area contributed by atoms with Gasteiger partial charge in [-0.25, -0.2) is 0 Å². The van der Waals surface area contributed by atoms with E-state index in [1.165, 1.54) is 4.88 Å². The van der Waals surface area contributed by atoms with Gasteiger partial charge in [0, 0.05) is 29.5 Å². The van der Waals surface area contributed by atoms with Gasteiger partial charge in [0.15, 0.2) is 0 Å². The Balaban J connectivity index is 2.41. The number of carboxylic acids is 1. The number of hydrogen-bond acceptors (Lipinski definition) is 4. The molecule has 0 radical (unpaired) electrons. The highest BCUT2D eigenvalue weighted by atomic mass is 32.1. The lowest BCUT2D eigenvalue weighted by molar-refractivity contribution is -0.136. The predicted molar refractivity (Wildman–Crippen MR) is 73.1 cm³/mol. The van der Waals surface area contributed by atoms with Crippen molar-refractivity contribution in [2.24, 2.45) is 0 Å². The molecule has 0 amide bonds. The summed E-state index contributed by atoms with van der Waals surface area (Å²) in [7, 11) is 1.71. The second-order valence-electron chi connectivity index (χ2n) is 4.26. The quantitative estimate of drug-likeness (QED) is 0.723. The van der Waals surface area contributed by atoms with E-state index in [1.807, 2.05) is 12.1 Å². The highest BCUT2D eigenvalue weighted by molar-refractivity contribution is 7.12. The van der Waals surface area contributed by atoms with Crippen molar-refractivity contribution in [2.45, 2.75) is 38.8 Å². The third-order valence-corrected chi connectivity index (χ3v) is 3.70. The Morgan fingerprint density at radius 1 is 1.50 bits per heavy atom. The van der Waals surface area contributed by atoms with Crippen LogP contribution >= 0.6 is 11.3 Å².